The molecule has 1 N–H and O–H groups in total. The fraction of sp³-hybridized carbons (Fsp3) is 0.400. The topological polar surface area (TPSA) is 52.9 Å². The van der Waals surface area contributed by atoms with Gasteiger partial charge in [-0.2, -0.15) is 11.8 Å². The van der Waals surface area contributed by atoms with Crippen molar-refractivity contribution in [3.63, 3.8) is 0 Å². The zero-order valence-electron chi connectivity index (χ0n) is 14.4. The number of fused-ring (bicyclic) bond motifs is 2. The molecule has 134 valence electrons. The Labute approximate surface area is 160 Å². The molecule has 3 aliphatic rings. The lowest BCUT2D eigenvalue weighted by Gasteiger charge is -2.29. The second kappa shape index (κ2) is 6.22. The van der Waals surface area contributed by atoms with Gasteiger partial charge in [-0.3, -0.25) is 4.79 Å². The van der Waals surface area contributed by atoms with E-state index in [9.17, 15) is 9.90 Å². The molecule has 4 nitrogen and oxygen atoms in total. The van der Waals surface area contributed by atoms with Gasteiger partial charge in [-0.05, 0) is 59.4 Å². The van der Waals surface area contributed by atoms with E-state index in [-0.39, 0.29) is 5.78 Å². The number of Topliss-reactive ketones (excluding diaryl/α,β-unsaturated/α-hetero) is 1. The minimum atomic E-state index is -1.48. The van der Waals surface area contributed by atoms with Crippen molar-refractivity contribution >= 4 is 45.4 Å². The van der Waals surface area contributed by atoms with E-state index in [4.69, 9.17) is 0 Å². The number of carbonyl (C=O) groups is 1. The molecule has 0 spiro atoms. The van der Waals surface area contributed by atoms with Crippen LogP contribution in [0.2, 0.25) is 0 Å². The molecule has 0 radical (unpaired) electrons. The van der Waals surface area contributed by atoms with Crippen LogP contribution in [-0.4, -0.2) is 40.4 Å². The van der Waals surface area contributed by atoms with E-state index in [1.807, 2.05) is 22.0 Å². The Kier molecular flexibility index (Phi) is 3.95. The first kappa shape index (κ1) is 16.5. The number of benzene rings is 1. The molecule has 2 saturated heterocycles. The van der Waals surface area contributed by atoms with E-state index in [1.54, 1.807) is 6.07 Å². The van der Waals surface area contributed by atoms with Gasteiger partial charge in [0.25, 0.3) is 0 Å². The first-order chi connectivity index (χ1) is 12.7. The van der Waals surface area contributed by atoms with Gasteiger partial charge in [-0.1, -0.05) is 12.1 Å². The molecule has 4 heterocycles. The molecule has 2 aromatic rings. The number of thioether (sulfide) groups is 1. The van der Waals surface area contributed by atoms with Crippen molar-refractivity contribution in [2.24, 2.45) is 4.99 Å². The summed E-state index contributed by atoms with van der Waals surface area (Å²) in [6.07, 6.45) is 2.88. The van der Waals surface area contributed by atoms with Crippen LogP contribution in [0.15, 0.2) is 40.7 Å². The zero-order valence-corrected chi connectivity index (χ0v) is 16.0. The van der Waals surface area contributed by atoms with Crippen LogP contribution < -0.4 is 4.90 Å². The predicted molar refractivity (Wildman–Crippen MR) is 108 cm³/mol. The number of thiophene rings is 1. The lowest BCUT2D eigenvalue weighted by atomic mass is 9.90. The molecule has 2 fully saturated rings. The number of aliphatic hydroxyl groups is 1. The Morgan fingerprint density at radius 2 is 1.92 bits per heavy atom. The Morgan fingerprint density at radius 3 is 2.69 bits per heavy atom. The number of anilines is 1. The summed E-state index contributed by atoms with van der Waals surface area (Å²) in [6, 6.07) is 10.4. The van der Waals surface area contributed by atoms with Crippen LogP contribution in [0, 0.1) is 0 Å². The number of aliphatic imine (C=N–C) groups is 1. The van der Waals surface area contributed by atoms with Crippen LogP contribution in [0.5, 0.6) is 0 Å². The lowest BCUT2D eigenvalue weighted by molar-refractivity contribution is 0.0603. The summed E-state index contributed by atoms with van der Waals surface area (Å²) in [7, 11) is 0. The maximum absolute atomic E-state index is 12.8. The van der Waals surface area contributed by atoms with Gasteiger partial charge in [0.1, 0.15) is 5.00 Å². The van der Waals surface area contributed by atoms with Crippen LogP contribution in [0.4, 0.5) is 10.7 Å². The number of hydrogen-bond donors (Lipinski definition) is 1. The number of carbonyl (C=O) groups excluding carboxylic acids is 1. The minimum absolute atomic E-state index is 0.211. The average Bonchev–Trinajstić information content (AvgIpc) is 3.28. The highest BCUT2D eigenvalue weighted by Crippen LogP contribution is 2.42. The Balaban J connectivity index is 1.47. The van der Waals surface area contributed by atoms with Crippen LogP contribution in [0.1, 0.15) is 41.1 Å². The summed E-state index contributed by atoms with van der Waals surface area (Å²) >= 11 is 3.49. The van der Waals surface area contributed by atoms with Crippen LogP contribution >= 0.6 is 23.1 Å². The van der Waals surface area contributed by atoms with Crippen molar-refractivity contribution < 1.29 is 9.90 Å². The van der Waals surface area contributed by atoms with Gasteiger partial charge in [0, 0.05) is 18.7 Å². The van der Waals surface area contributed by atoms with Gasteiger partial charge < -0.3 is 10.0 Å². The first-order valence-corrected chi connectivity index (χ1v) is 11.1. The standard InChI is InChI=1S/C20H20N2O2S2/c23-17-16-7-12-26-18(16)21-19-20(17,24)8-9-22(19)15-3-1-13(2-4-15)14-5-10-25-11-6-14/h1-4,7,12,14,24H,5-6,8-11H2. The SMILES string of the molecule is O=C1c2ccsc2N=C2N(c3ccc(C4CCSCC4)cc3)CCC12O. The fourth-order valence-electron chi connectivity index (χ4n) is 4.17. The van der Waals surface area contributed by atoms with Gasteiger partial charge in [0.05, 0.1) is 5.56 Å². The molecule has 0 aliphatic carbocycles. The summed E-state index contributed by atoms with van der Waals surface area (Å²) in [4.78, 5) is 19.4. The average molecular weight is 385 g/mol. The number of hydrogen-bond acceptors (Lipinski definition) is 6. The number of rotatable bonds is 2. The number of amidine groups is 1. The maximum atomic E-state index is 12.8. The molecule has 1 unspecified atom stereocenters. The normalized spacial score (nSPS) is 25.8. The van der Waals surface area contributed by atoms with Crippen LogP contribution in [-0.2, 0) is 0 Å². The lowest BCUT2D eigenvalue weighted by Crippen LogP contribution is -2.48. The van der Waals surface area contributed by atoms with E-state index in [1.165, 1.54) is 41.2 Å². The van der Waals surface area contributed by atoms with E-state index < -0.39 is 5.60 Å². The van der Waals surface area contributed by atoms with Crippen molar-refractivity contribution in [1.82, 2.24) is 0 Å². The highest BCUT2D eigenvalue weighted by atomic mass is 32.2. The molecule has 1 aromatic heterocycles. The van der Waals surface area contributed by atoms with Crippen molar-refractivity contribution in [3.05, 3.63) is 46.8 Å². The minimum Gasteiger partial charge on any atom is -0.374 e. The van der Waals surface area contributed by atoms with E-state index in [2.05, 4.69) is 29.3 Å². The van der Waals surface area contributed by atoms with Crippen LogP contribution in [0.25, 0.3) is 0 Å². The fourth-order valence-corrected chi connectivity index (χ4v) is 6.04. The van der Waals surface area contributed by atoms with E-state index in [0.717, 1.165) is 5.69 Å². The third-order valence-corrected chi connectivity index (χ3v) is 7.55. The van der Waals surface area contributed by atoms with Crippen molar-refractivity contribution in [2.75, 3.05) is 23.0 Å². The Bertz CT molecular complexity index is 883. The third-order valence-electron chi connectivity index (χ3n) is 5.69. The summed E-state index contributed by atoms with van der Waals surface area (Å²) in [5.74, 6) is 3.42. The van der Waals surface area contributed by atoms with Gasteiger partial charge in [0.15, 0.2) is 11.4 Å². The monoisotopic (exact) mass is 384 g/mol. The van der Waals surface area contributed by atoms with Gasteiger partial charge >= 0.3 is 0 Å². The second-order valence-corrected chi connectivity index (χ2v) is 9.26. The highest BCUT2D eigenvalue weighted by molar-refractivity contribution is 7.99. The molecule has 1 atom stereocenters. The summed E-state index contributed by atoms with van der Waals surface area (Å²) in [6.45, 7) is 0.607. The molecule has 0 saturated carbocycles. The maximum Gasteiger partial charge on any atom is 0.205 e. The molecule has 3 aliphatic heterocycles. The molecular formula is C20H20N2O2S2. The van der Waals surface area contributed by atoms with Crippen molar-refractivity contribution in [1.29, 1.82) is 0 Å². The smallest absolute Gasteiger partial charge is 0.205 e. The van der Waals surface area contributed by atoms with Gasteiger partial charge in [-0.15, -0.1) is 11.3 Å². The zero-order chi connectivity index (χ0) is 17.7. The van der Waals surface area contributed by atoms with Gasteiger partial charge in [0.2, 0.25) is 5.78 Å². The largest absolute Gasteiger partial charge is 0.374 e. The van der Waals surface area contributed by atoms with Crippen molar-refractivity contribution in [3.8, 4) is 0 Å². The molecule has 1 aromatic carbocycles. The third kappa shape index (κ3) is 2.47. The molecular weight excluding hydrogens is 364 g/mol. The van der Waals surface area contributed by atoms with E-state index >= 15 is 0 Å². The number of ketones is 1. The van der Waals surface area contributed by atoms with Crippen molar-refractivity contribution in [2.45, 2.75) is 30.8 Å². The number of nitrogens with zero attached hydrogens (tertiary/aromatic N) is 2. The highest BCUT2D eigenvalue weighted by Gasteiger charge is 2.52. The summed E-state index contributed by atoms with van der Waals surface area (Å²) in [5.41, 5.74) is 1.47. The molecule has 0 amide bonds. The molecule has 6 heteroatoms. The molecule has 5 rings (SSSR count). The summed E-state index contributed by atoms with van der Waals surface area (Å²) < 4.78 is 0. The molecule has 0 bridgehead atoms. The predicted octanol–water partition coefficient (Wildman–Crippen LogP) is 4.23. The summed E-state index contributed by atoms with van der Waals surface area (Å²) in [5, 5.41) is 13.6. The Morgan fingerprint density at radius 1 is 1.15 bits per heavy atom. The van der Waals surface area contributed by atoms with Gasteiger partial charge in [-0.25, -0.2) is 4.99 Å². The second-order valence-electron chi connectivity index (χ2n) is 7.14. The quantitative estimate of drug-likeness (QED) is 0.842. The first-order valence-electron chi connectivity index (χ1n) is 9.06. The molecule has 26 heavy (non-hydrogen) atoms. The Hall–Kier alpha value is -1.63. The van der Waals surface area contributed by atoms with E-state index in [0.29, 0.717) is 35.3 Å². The van der Waals surface area contributed by atoms with Crippen LogP contribution in [0.3, 0.4) is 0 Å².